The smallest absolute Gasteiger partial charge is 0.291 e. The molecule has 0 aliphatic heterocycles. The number of nitrogens with one attached hydrogen (secondary N) is 2. The van der Waals surface area contributed by atoms with Crippen molar-refractivity contribution >= 4 is 28.2 Å². The van der Waals surface area contributed by atoms with E-state index < -0.39 is 0 Å². The summed E-state index contributed by atoms with van der Waals surface area (Å²) in [5, 5.41) is 7.26. The maximum absolute atomic E-state index is 12.8. The van der Waals surface area contributed by atoms with Gasteiger partial charge in [0.1, 0.15) is 10.8 Å². The molecule has 8 heteroatoms. The van der Waals surface area contributed by atoms with Crippen molar-refractivity contribution in [2.75, 3.05) is 17.7 Å². The fraction of sp³-hybridized carbons (Fsp3) is 0.240. The first-order valence-electron chi connectivity index (χ1n) is 10.7. The minimum Gasteiger partial charge on any atom is -0.497 e. The lowest BCUT2D eigenvalue weighted by atomic mass is 9.99. The van der Waals surface area contributed by atoms with Gasteiger partial charge in [0.15, 0.2) is 5.76 Å². The first-order chi connectivity index (χ1) is 16.0. The number of hydrogen-bond acceptors (Lipinski definition) is 7. The van der Waals surface area contributed by atoms with Gasteiger partial charge in [-0.2, -0.15) is 0 Å². The van der Waals surface area contributed by atoms with E-state index in [0.717, 1.165) is 44.6 Å². The Morgan fingerprint density at radius 1 is 1.12 bits per heavy atom. The molecule has 2 N–H and O–H groups in total. The third-order valence-electron chi connectivity index (χ3n) is 5.13. The number of amides is 1. The summed E-state index contributed by atoms with van der Waals surface area (Å²) in [5.74, 6) is 1.23. The van der Waals surface area contributed by atoms with E-state index in [4.69, 9.17) is 9.15 Å². The molecule has 1 aromatic carbocycles. The Labute approximate surface area is 196 Å². The normalized spacial score (nSPS) is 11.8. The number of aryl methyl sites for hydroxylation is 3. The van der Waals surface area contributed by atoms with Crippen LogP contribution in [-0.2, 0) is 6.42 Å². The molecule has 1 atom stereocenters. The molecule has 0 saturated heterocycles. The molecule has 4 rings (SSSR count). The van der Waals surface area contributed by atoms with Crippen molar-refractivity contribution in [3.63, 3.8) is 0 Å². The van der Waals surface area contributed by atoms with E-state index in [9.17, 15) is 4.79 Å². The van der Waals surface area contributed by atoms with E-state index >= 15 is 0 Å². The third-order valence-corrected chi connectivity index (χ3v) is 6.34. The zero-order valence-corrected chi connectivity index (χ0v) is 19.8. The highest BCUT2D eigenvalue weighted by atomic mass is 32.1. The number of methoxy groups -OCH3 is 1. The minimum atomic E-state index is -0.315. The Kier molecular flexibility index (Phi) is 6.74. The number of thiophene rings is 1. The SMILES string of the molecule is CCc1cc([C@H](Nc2nc(C)cc(C)n2)c2cccc(OC)c2)c(NC(=O)c2ccco2)s1. The Morgan fingerprint density at radius 2 is 1.91 bits per heavy atom. The van der Waals surface area contributed by atoms with Crippen LogP contribution in [0.25, 0.3) is 0 Å². The van der Waals surface area contributed by atoms with Gasteiger partial charge in [-0.25, -0.2) is 9.97 Å². The van der Waals surface area contributed by atoms with Crippen LogP contribution in [-0.4, -0.2) is 23.0 Å². The van der Waals surface area contributed by atoms with Crippen LogP contribution in [0.4, 0.5) is 10.9 Å². The number of rotatable bonds is 8. The minimum absolute atomic E-state index is 0.260. The van der Waals surface area contributed by atoms with Gasteiger partial charge in [-0.05, 0) is 62.2 Å². The molecule has 170 valence electrons. The molecular weight excluding hydrogens is 436 g/mol. The number of carbonyl (C=O) groups excluding carboxylic acids is 1. The Morgan fingerprint density at radius 3 is 2.58 bits per heavy atom. The summed E-state index contributed by atoms with van der Waals surface area (Å²) in [5.41, 5.74) is 3.64. The summed E-state index contributed by atoms with van der Waals surface area (Å²) >= 11 is 1.55. The molecule has 0 spiro atoms. The number of anilines is 2. The molecule has 0 fully saturated rings. The van der Waals surface area contributed by atoms with Crippen LogP contribution in [0, 0.1) is 13.8 Å². The van der Waals surface area contributed by atoms with Crippen LogP contribution in [0.2, 0.25) is 0 Å². The van der Waals surface area contributed by atoms with Gasteiger partial charge in [0, 0.05) is 21.8 Å². The van der Waals surface area contributed by atoms with E-state index in [0.29, 0.717) is 5.95 Å². The second kappa shape index (κ2) is 9.87. The molecule has 0 saturated carbocycles. The van der Waals surface area contributed by atoms with Crippen molar-refractivity contribution in [2.45, 2.75) is 33.2 Å². The largest absolute Gasteiger partial charge is 0.497 e. The van der Waals surface area contributed by atoms with Gasteiger partial charge in [0.2, 0.25) is 5.95 Å². The number of nitrogens with zero attached hydrogens (tertiary/aromatic N) is 2. The van der Waals surface area contributed by atoms with Crippen LogP contribution in [0.3, 0.4) is 0 Å². The summed E-state index contributed by atoms with van der Waals surface area (Å²) in [6, 6.07) is 14.9. The summed E-state index contributed by atoms with van der Waals surface area (Å²) in [6.45, 7) is 5.97. The quantitative estimate of drug-likeness (QED) is 0.345. The van der Waals surface area contributed by atoms with Crippen molar-refractivity contribution in [3.05, 3.63) is 87.9 Å². The maximum atomic E-state index is 12.8. The van der Waals surface area contributed by atoms with E-state index in [-0.39, 0.29) is 17.7 Å². The molecule has 0 unspecified atom stereocenters. The lowest BCUT2D eigenvalue weighted by Crippen LogP contribution is -2.18. The highest BCUT2D eigenvalue weighted by Gasteiger charge is 2.24. The van der Waals surface area contributed by atoms with Crippen LogP contribution < -0.4 is 15.4 Å². The molecule has 0 bridgehead atoms. The lowest BCUT2D eigenvalue weighted by molar-refractivity contribution is 0.0997. The molecule has 0 radical (unpaired) electrons. The summed E-state index contributed by atoms with van der Waals surface area (Å²) in [6.07, 6.45) is 2.33. The van der Waals surface area contributed by atoms with Gasteiger partial charge in [0.05, 0.1) is 19.4 Å². The fourth-order valence-corrected chi connectivity index (χ4v) is 4.63. The molecule has 0 aliphatic carbocycles. The van der Waals surface area contributed by atoms with Gasteiger partial charge in [0.25, 0.3) is 5.91 Å². The van der Waals surface area contributed by atoms with Gasteiger partial charge in [-0.15, -0.1) is 11.3 Å². The summed E-state index contributed by atoms with van der Waals surface area (Å²) in [4.78, 5) is 23.1. The first kappa shape index (κ1) is 22.5. The van der Waals surface area contributed by atoms with E-state index in [2.05, 4.69) is 33.6 Å². The Balaban J connectivity index is 1.79. The second-order valence-corrected chi connectivity index (χ2v) is 8.75. The number of furan rings is 1. The zero-order valence-electron chi connectivity index (χ0n) is 19.0. The van der Waals surface area contributed by atoms with Gasteiger partial charge >= 0.3 is 0 Å². The van der Waals surface area contributed by atoms with Crippen molar-refractivity contribution in [1.82, 2.24) is 9.97 Å². The topological polar surface area (TPSA) is 89.3 Å². The Bertz CT molecular complexity index is 1230. The highest BCUT2D eigenvalue weighted by Crippen LogP contribution is 2.38. The molecular formula is C25H26N4O3S. The lowest BCUT2D eigenvalue weighted by Gasteiger charge is -2.21. The number of hydrogen-bond donors (Lipinski definition) is 2. The maximum Gasteiger partial charge on any atom is 0.291 e. The Hall–Kier alpha value is -3.65. The van der Waals surface area contributed by atoms with E-state index in [1.165, 1.54) is 6.26 Å². The number of carbonyl (C=O) groups is 1. The zero-order chi connectivity index (χ0) is 23.4. The highest BCUT2D eigenvalue weighted by molar-refractivity contribution is 7.16. The number of ether oxygens (including phenoxy) is 1. The predicted molar refractivity (Wildman–Crippen MR) is 130 cm³/mol. The summed E-state index contributed by atoms with van der Waals surface area (Å²) in [7, 11) is 1.64. The van der Waals surface area contributed by atoms with E-state index in [1.807, 2.05) is 44.2 Å². The monoisotopic (exact) mass is 462 g/mol. The van der Waals surface area contributed by atoms with Crippen molar-refractivity contribution < 1.29 is 13.9 Å². The van der Waals surface area contributed by atoms with Crippen molar-refractivity contribution in [1.29, 1.82) is 0 Å². The molecule has 3 heterocycles. The molecule has 7 nitrogen and oxygen atoms in total. The van der Waals surface area contributed by atoms with Crippen LogP contribution in [0.5, 0.6) is 5.75 Å². The predicted octanol–water partition coefficient (Wildman–Crippen LogP) is 5.77. The number of aromatic nitrogens is 2. The van der Waals surface area contributed by atoms with Crippen LogP contribution in [0.1, 0.15) is 50.9 Å². The van der Waals surface area contributed by atoms with Gasteiger partial charge < -0.3 is 19.8 Å². The van der Waals surface area contributed by atoms with E-state index in [1.54, 1.807) is 30.6 Å². The molecule has 4 aromatic rings. The first-order valence-corrected chi connectivity index (χ1v) is 11.5. The standard InChI is InChI=1S/C25H26N4O3S/c1-5-19-14-20(24(33-19)29-23(30)21-10-7-11-32-21)22(17-8-6-9-18(13-17)31-4)28-25-26-15(2)12-16(3)27-25/h6-14,22H,5H2,1-4H3,(H,29,30)(H,26,27,28)/t22-/m1/s1. The second-order valence-electron chi connectivity index (χ2n) is 7.61. The number of benzene rings is 1. The average molecular weight is 463 g/mol. The van der Waals surface area contributed by atoms with Crippen LogP contribution in [0.15, 0.2) is 59.2 Å². The van der Waals surface area contributed by atoms with Crippen molar-refractivity contribution in [2.24, 2.45) is 0 Å². The van der Waals surface area contributed by atoms with Crippen molar-refractivity contribution in [3.8, 4) is 5.75 Å². The molecule has 0 aliphatic rings. The third kappa shape index (κ3) is 5.23. The van der Waals surface area contributed by atoms with Crippen LogP contribution >= 0.6 is 11.3 Å². The molecule has 3 aromatic heterocycles. The van der Waals surface area contributed by atoms with Gasteiger partial charge in [-0.1, -0.05) is 19.1 Å². The summed E-state index contributed by atoms with van der Waals surface area (Å²) < 4.78 is 10.7. The van der Waals surface area contributed by atoms with Gasteiger partial charge in [-0.3, -0.25) is 4.79 Å². The fourth-order valence-electron chi connectivity index (χ4n) is 3.60. The molecule has 33 heavy (non-hydrogen) atoms. The molecule has 1 amide bonds. The average Bonchev–Trinajstić information content (AvgIpc) is 3.47.